The summed E-state index contributed by atoms with van der Waals surface area (Å²) in [6.45, 7) is 6.39. The van der Waals surface area contributed by atoms with Crippen LogP contribution in [0.5, 0.6) is 0 Å². The van der Waals surface area contributed by atoms with E-state index in [0.717, 1.165) is 32.5 Å². The van der Waals surface area contributed by atoms with E-state index in [9.17, 15) is 0 Å². The van der Waals surface area contributed by atoms with E-state index in [1.807, 2.05) is 0 Å². The van der Waals surface area contributed by atoms with Gasteiger partial charge in [-0.3, -0.25) is 0 Å². The third-order valence-corrected chi connectivity index (χ3v) is 1.84. The third-order valence-electron chi connectivity index (χ3n) is 1.84. The van der Waals surface area contributed by atoms with Gasteiger partial charge >= 0.3 is 23.1 Å². The van der Waals surface area contributed by atoms with Crippen LogP contribution in [0.15, 0.2) is 0 Å². The predicted molar refractivity (Wildman–Crippen MR) is 61.3 cm³/mol. The van der Waals surface area contributed by atoms with Crippen LogP contribution in [-0.2, 0) is 9.47 Å². The van der Waals surface area contributed by atoms with Gasteiger partial charge in [-0.05, 0) is 6.42 Å². The Labute approximate surface area is 128 Å². The van der Waals surface area contributed by atoms with Gasteiger partial charge in [0.05, 0.1) is 0 Å². The summed E-state index contributed by atoms with van der Waals surface area (Å²) in [5.74, 6) is 0. The van der Waals surface area contributed by atoms with Crippen LogP contribution in [0.2, 0.25) is 0 Å². The van der Waals surface area contributed by atoms with Crippen LogP contribution in [0.1, 0.15) is 46.0 Å². The molecule has 0 bridgehead atoms. The van der Waals surface area contributed by atoms with Gasteiger partial charge in [-0.1, -0.05) is 26.2 Å². The SMILES string of the molecule is C[CH-]CCCOCOCCCCC.[I-].[Mg+2]. The van der Waals surface area contributed by atoms with Gasteiger partial charge in [0.1, 0.15) is 6.79 Å². The van der Waals surface area contributed by atoms with Crippen LogP contribution in [-0.4, -0.2) is 43.1 Å². The Bertz CT molecular complexity index is 84.7. The van der Waals surface area contributed by atoms with E-state index >= 15 is 0 Å². The van der Waals surface area contributed by atoms with Crippen molar-refractivity contribution in [3.63, 3.8) is 0 Å². The summed E-state index contributed by atoms with van der Waals surface area (Å²) in [4.78, 5) is 0. The van der Waals surface area contributed by atoms with E-state index in [4.69, 9.17) is 9.47 Å². The maximum absolute atomic E-state index is 5.28. The van der Waals surface area contributed by atoms with Crippen molar-refractivity contribution in [3.8, 4) is 0 Å². The first-order valence-electron chi connectivity index (χ1n) is 5.35. The zero-order valence-electron chi connectivity index (χ0n) is 10.1. The average Bonchev–Trinajstić information content (AvgIpc) is 2.16. The van der Waals surface area contributed by atoms with Gasteiger partial charge in [0, 0.05) is 13.2 Å². The molecule has 0 saturated carbocycles. The number of halogens is 1. The molecule has 0 heterocycles. The van der Waals surface area contributed by atoms with Crippen LogP contribution in [0.3, 0.4) is 0 Å². The van der Waals surface area contributed by atoms with Crippen molar-refractivity contribution in [2.24, 2.45) is 0 Å². The zero-order valence-corrected chi connectivity index (χ0v) is 13.7. The first kappa shape index (κ1) is 21.7. The van der Waals surface area contributed by atoms with E-state index in [1.54, 1.807) is 0 Å². The van der Waals surface area contributed by atoms with Crippen molar-refractivity contribution in [3.05, 3.63) is 6.42 Å². The molecule has 0 radical (unpaired) electrons. The number of hydrogen-bond acceptors (Lipinski definition) is 2. The molecule has 0 rings (SSSR count). The summed E-state index contributed by atoms with van der Waals surface area (Å²) in [6, 6.07) is 0. The first-order chi connectivity index (χ1) is 6.41. The predicted octanol–water partition coefficient (Wildman–Crippen LogP) is -0.205. The van der Waals surface area contributed by atoms with Crippen molar-refractivity contribution < 1.29 is 33.5 Å². The quantitative estimate of drug-likeness (QED) is 0.181. The van der Waals surface area contributed by atoms with Crippen molar-refractivity contribution in [2.75, 3.05) is 20.0 Å². The fraction of sp³-hybridized carbons (Fsp3) is 0.909. The Hall–Kier alpha value is 1.42. The van der Waals surface area contributed by atoms with Gasteiger partial charge in [-0.2, -0.15) is 13.3 Å². The van der Waals surface area contributed by atoms with Crippen LogP contribution in [0.25, 0.3) is 0 Å². The van der Waals surface area contributed by atoms with Gasteiger partial charge in [0.2, 0.25) is 0 Å². The topological polar surface area (TPSA) is 18.5 Å². The molecular formula is C11H23IMgO2. The van der Waals surface area contributed by atoms with Gasteiger partial charge < -0.3 is 39.9 Å². The fourth-order valence-electron chi connectivity index (χ4n) is 1.02. The van der Waals surface area contributed by atoms with E-state index in [0.29, 0.717) is 6.79 Å². The van der Waals surface area contributed by atoms with Crippen molar-refractivity contribution >= 4 is 23.1 Å². The molecule has 0 fully saturated rings. The van der Waals surface area contributed by atoms with Crippen molar-refractivity contribution in [1.29, 1.82) is 0 Å². The summed E-state index contributed by atoms with van der Waals surface area (Å²) >= 11 is 0. The summed E-state index contributed by atoms with van der Waals surface area (Å²) in [5.41, 5.74) is 0. The van der Waals surface area contributed by atoms with E-state index in [1.165, 1.54) is 12.8 Å². The molecule has 0 N–H and O–H groups in total. The Balaban J connectivity index is -0.000000720. The minimum Gasteiger partial charge on any atom is -1.00 e. The Kier molecular flexibility index (Phi) is 30.0. The minimum atomic E-state index is 0. The molecule has 4 heteroatoms. The molecule has 0 aromatic heterocycles. The molecule has 0 aliphatic carbocycles. The third kappa shape index (κ3) is 21.3. The van der Waals surface area contributed by atoms with Gasteiger partial charge in [-0.25, -0.2) is 0 Å². The monoisotopic (exact) mass is 338 g/mol. The second kappa shape index (κ2) is 20.8. The van der Waals surface area contributed by atoms with E-state index < -0.39 is 0 Å². The molecule has 0 aromatic rings. The van der Waals surface area contributed by atoms with Gasteiger partial charge in [0.25, 0.3) is 0 Å². The maximum atomic E-state index is 5.28. The number of hydrogen-bond donors (Lipinski definition) is 0. The van der Waals surface area contributed by atoms with Crippen molar-refractivity contribution in [2.45, 2.75) is 46.0 Å². The van der Waals surface area contributed by atoms with Crippen LogP contribution < -0.4 is 24.0 Å². The molecular weight excluding hydrogens is 315 g/mol. The normalized spacial score (nSPS) is 9.20. The molecule has 15 heavy (non-hydrogen) atoms. The Morgan fingerprint density at radius 1 is 1.00 bits per heavy atom. The Morgan fingerprint density at radius 3 is 2.13 bits per heavy atom. The number of unbranched alkanes of at least 4 members (excludes halogenated alkanes) is 4. The van der Waals surface area contributed by atoms with Crippen LogP contribution in [0.4, 0.5) is 0 Å². The molecule has 88 valence electrons. The second-order valence-electron chi connectivity index (χ2n) is 3.19. The largest absolute Gasteiger partial charge is 2.00 e. The zero-order chi connectivity index (χ0) is 9.78. The smallest absolute Gasteiger partial charge is 1.00 e. The van der Waals surface area contributed by atoms with Gasteiger partial charge in [0.15, 0.2) is 0 Å². The van der Waals surface area contributed by atoms with Crippen molar-refractivity contribution in [1.82, 2.24) is 0 Å². The molecule has 0 saturated heterocycles. The summed E-state index contributed by atoms with van der Waals surface area (Å²) in [7, 11) is 0. The standard InChI is InChI=1S/C11H23O2.HI.Mg/c1-3-5-7-9-12-11-13-10-8-6-4-2;;/h3H,4-11H2,1-2H3;1H;/q-1;;+2/p-1. The average molecular weight is 339 g/mol. The molecule has 0 aliphatic rings. The fourth-order valence-corrected chi connectivity index (χ4v) is 1.02. The molecule has 0 aromatic carbocycles. The summed E-state index contributed by atoms with van der Waals surface area (Å²) in [6.07, 6.45) is 8.06. The molecule has 2 nitrogen and oxygen atoms in total. The van der Waals surface area contributed by atoms with E-state index in [2.05, 4.69) is 20.3 Å². The summed E-state index contributed by atoms with van der Waals surface area (Å²) < 4.78 is 10.6. The number of rotatable bonds is 10. The first-order valence-corrected chi connectivity index (χ1v) is 5.35. The Morgan fingerprint density at radius 2 is 1.60 bits per heavy atom. The molecule has 0 spiro atoms. The van der Waals surface area contributed by atoms with Crippen LogP contribution in [0, 0.1) is 6.42 Å². The molecule has 0 unspecified atom stereocenters. The van der Waals surface area contributed by atoms with Gasteiger partial charge in [-0.15, -0.1) is 0 Å². The van der Waals surface area contributed by atoms with E-state index in [-0.39, 0.29) is 47.0 Å². The second-order valence-corrected chi connectivity index (χ2v) is 3.19. The maximum Gasteiger partial charge on any atom is 2.00 e. The molecule has 0 atom stereocenters. The summed E-state index contributed by atoms with van der Waals surface area (Å²) in [5, 5.41) is 0. The molecule has 0 aliphatic heterocycles. The van der Waals surface area contributed by atoms with Crippen LogP contribution >= 0.6 is 0 Å². The minimum absolute atomic E-state index is 0. The molecule has 0 amide bonds. The number of ether oxygens (including phenoxy) is 2.